The van der Waals surface area contributed by atoms with Crippen LogP contribution in [0.4, 0.5) is 5.95 Å². The molecule has 0 aliphatic heterocycles. The van der Waals surface area contributed by atoms with E-state index in [-0.39, 0.29) is 23.2 Å². The Labute approximate surface area is 118 Å². The van der Waals surface area contributed by atoms with Crippen molar-refractivity contribution in [1.82, 2.24) is 24.8 Å². The number of carbonyl (C=O) groups is 1. The number of aromatic amines is 1. The maximum absolute atomic E-state index is 12.4. The SMILES string of the molecule is CC(C(=O)c1ccccc1)c1nc2nnc(N)n2[nH]c1=O. The van der Waals surface area contributed by atoms with Crippen molar-refractivity contribution >= 4 is 17.5 Å². The second kappa shape index (κ2) is 4.82. The Balaban J connectivity index is 2.05. The molecule has 0 aliphatic rings. The molecule has 2 aromatic heterocycles. The monoisotopic (exact) mass is 284 g/mol. The van der Waals surface area contributed by atoms with Crippen molar-refractivity contribution in [3.05, 3.63) is 51.9 Å². The quantitative estimate of drug-likeness (QED) is 0.671. The molecular weight excluding hydrogens is 272 g/mol. The number of fused-ring (bicyclic) bond motifs is 1. The van der Waals surface area contributed by atoms with Crippen molar-refractivity contribution in [2.24, 2.45) is 0 Å². The average Bonchev–Trinajstić information content (AvgIpc) is 2.86. The molecule has 1 atom stereocenters. The van der Waals surface area contributed by atoms with Gasteiger partial charge in [-0.1, -0.05) is 30.3 Å². The Bertz CT molecular complexity index is 867. The summed E-state index contributed by atoms with van der Waals surface area (Å²) in [7, 11) is 0. The Kier molecular flexibility index (Phi) is 2.98. The first-order valence-corrected chi connectivity index (χ1v) is 6.28. The van der Waals surface area contributed by atoms with Crippen molar-refractivity contribution in [2.45, 2.75) is 12.8 Å². The molecule has 8 heteroatoms. The lowest BCUT2D eigenvalue weighted by atomic mass is 9.97. The number of nitrogens with one attached hydrogen (secondary N) is 1. The first-order valence-electron chi connectivity index (χ1n) is 6.28. The van der Waals surface area contributed by atoms with Crippen molar-refractivity contribution in [1.29, 1.82) is 0 Å². The molecule has 0 fully saturated rings. The summed E-state index contributed by atoms with van der Waals surface area (Å²) in [6.45, 7) is 1.63. The van der Waals surface area contributed by atoms with Crippen molar-refractivity contribution in [3.8, 4) is 0 Å². The summed E-state index contributed by atoms with van der Waals surface area (Å²) in [6.07, 6.45) is 0. The number of hydrogen-bond donors (Lipinski definition) is 2. The molecule has 0 saturated carbocycles. The number of aromatic nitrogens is 5. The number of H-pyrrole nitrogens is 1. The van der Waals surface area contributed by atoms with Crippen LogP contribution in [0.2, 0.25) is 0 Å². The number of ketones is 1. The van der Waals surface area contributed by atoms with Crippen LogP contribution in [0, 0.1) is 0 Å². The average molecular weight is 284 g/mol. The van der Waals surface area contributed by atoms with E-state index in [1.807, 2.05) is 6.07 Å². The van der Waals surface area contributed by atoms with Crippen LogP contribution < -0.4 is 11.3 Å². The second-order valence-corrected chi connectivity index (χ2v) is 4.58. The Hall–Kier alpha value is -3.03. The van der Waals surface area contributed by atoms with Crippen LogP contribution in [0.3, 0.4) is 0 Å². The van der Waals surface area contributed by atoms with Gasteiger partial charge in [0.1, 0.15) is 5.69 Å². The molecule has 106 valence electrons. The lowest BCUT2D eigenvalue weighted by Gasteiger charge is -2.09. The van der Waals surface area contributed by atoms with Gasteiger partial charge in [0.25, 0.3) is 11.3 Å². The third-order valence-electron chi connectivity index (χ3n) is 3.20. The molecule has 0 spiro atoms. The molecule has 0 radical (unpaired) electrons. The third-order valence-corrected chi connectivity index (χ3v) is 3.20. The highest BCUT2D eigenvalue weighted by Gasteiger charge is 2.22. The predicted octanol–water partition coefficient (Wildman–Crippen LogP) is 0.381. The molecule has 0 saturated heterocycles. The number of anilines is 1. The lowest BCUT2D eigenvalue weighted by Crippen LogP contribution is -2.25. The summed E-state index contributed by atoms with van der Waals surface area (Å²) in [4.78, 5) is 28.5. The summed E-state index contributed by atoms with van der Waals surface area (Å²) < 4.78 is 1.17. The van der Waals surface area contributed by atoms with Gasteiger partial charge in [-0.05, 0) is 6.92 Å². The largest absolute Gasteiger partial charge is 0.366 e. The zero-order valence-corrected chi connectivity index (χ0v) is 11.1. The Morgan fingerprint density at radius 1 is 1.29 bits per heavy atom. The maximum atomic E-state index is 12.4. The number of nitrogen functional groups attached to an aromatic ring is 1. The minimum atomic E-state index is -0.695. The van der Waals surface area contributed by atoms with E-state index in [0.717, 1.165) is 0 Å². The van der Waals surface area contributed by atoms with Gasteiger partial charge in [0, 0.05) is 5.56 Å². The van der Waals surface area contributed by atoms with Gasteiger partial charge < -0.3 is 5.73 Å². The summed E-state index contributed by atoms with van der Waals surface area (Å²) >= 11 is 0. The van der Waals surface area contributed by atoms with Gasteiger partial charge in [-0.2, -0.15) is 4.52 Å². The van der Waals surface area contributed by atoms with Crippen LogP contribution in [-0.2, 0) is 0 Å². The van der Waals surface area contributed by atoms with Crippen LogP contribution in [0.15, 0.2) is 35.1 Å². The molecule has 8 nitrogen and oxygen atoms in total. The smallest absolute Gasteiger partial charge is 0.285 e. The number of carbonyl (C=O) groups excluding carboxylic acids is 1. The van der Waals surface area contributed by atoms with E-state index in [1.165, 1.54) is 4.52 Å². The number of hydrogen-bond acceptors (Lipinski definition) is 6. The minimum Gasteiger partial charge on any atom is -0.366 e. The van der Waals surface area contributed by atoms with Gasteiger partial charge >= 0.3 is 0 Å². The third kappa shape index (κ3) is 2.16. The molecule has 21 heavy (non-hydrogen) atoms. The maximum Gasteiger partial charge on any atom is 0.285 e. The minimum absolute atomic E-state index is 0.0307. The number of rotatable bonds is 3. The molecule has 3 N–H and O–H groups in total. The summed E-state index contributed by atoms with van der Waals surface area (Å²) in [6, 6.07) is 8.73. The van der Waals surface area contributed by atoms with Gasteiger partial charge in [-0.25, -0.2) is 4.98 Å². The molecule has 0 bridgehead atoms. The first-order chi connectivity index (χ1) is 10.1. The van der Waals surface area contributed by atoms with Crippen LogP contribution in [-0.4, -0.2) is 30.6 Å². The molecule has 3 aromatic rings. The fourth-order valence-electron chi connectivity index (χ4n) is 2.05. The van der Waals surface area contributed by atoms with E-state index in [1.54, 1.807) is 31.2 Å². The van der Waals surface area contributed by atoms with Crippen LogP contribution >= 0.6 is 0 Å². The fraction of sp³-hybridized carbons (Fsp3) is 0.154. The molecule has 2 heterocycles. The van der Waals surface area contributed by atoms with Crippen LogP contribution in [0.25, 0.3) is 5.78 Å². The van der Waals surface area contributed by atoms with Crippen molar-refractivity contribution in [3.63, 3.8) is 0 Å². The molecule has 0 aliphatic carbocycles. The predicted molar refractivity (Wildman–Crippen MR) is 75.0 cm³/mol. The molecule has 1 aromatic carbocycles. The van der Waals surface area contributed by atoms with Crippen LogP contribution in [0.1, 0.15) is 28.9 Å². The summed E-state index contributed by atoms with van der Waals surface area (Å²) in [5, 5.41) is 9.83. The van der Waals surface area contributed by atoms with Gasteiger partial charge in [0.2, 0.25) is 5.95 Å². The van der Waals surface area contributed by atoms with Gasteiger partial charge in [-0.3, -0.25) is 14.7 Å². The van der Waals surface area contributed by atoms with Crippen LogP contribution in [0.5, 0.6) is 0 Å². The zero-order chi connectivity index (χ0) is 15.0. The molecular formula is C13H12N6O2. The first kappa shape index (κ1) is 13.0. The molecule has 0 amide bonds. The summed E-state index contributed by atoms with van der Waals surface area (Å²) in [5.74, 6) is -0.706. The van der Waals surface area contributed by atoms with E-state index in [0.29, 0.717) is 5.56 Å². The van der Waals surface area contributed by atoms with E-state index < -0.39 is 11.5 Å². The normalized spacial score (nSPS) is 12.4. The Morgan fingerprint density at radius 2 is 2.00 bits per heavy atom. The van der Waals surface area contributed by atoms with Crippen molar-refractivity contribution < 1.29 is 4.79 Å². The number of nitrogens with two attached hydrogens (primary N) is 1. The van der Waals surface area contributed by atoms with E-state index >= 15 is 0 Å². The number of nitrogens with zero attached hydrogens (tertiary/aromatic N) is 4. The lowest BCUT2D eigenvalue weighted by molar-refractivity contribution is 0.0964. The number of Topliss-reactive ketones (excluding diaryl/α,β-unsaturated/α-hetero) is 1. The van der Waals surface area contributed by atoms with E-state index in [9.17, 15) is 9.59 Å². The molecule has 1 unspecified atom stereocenters. The fourth-order valence-corrected chi connectivity index (χ4v) is 2.05. The molecule has 3 rings (SSSR count). The van der Waals surface area contributed by atoms with Gasteiger partial charge in [0.05, 0.1) is 5.92 Å². The topological polar surface area (TPSA) is 119 Å². The van der Waals surface area contributed by atoms with E-state index in [2.05, 4.69) is 20.3 Å². The highest BCUT2D eigenvalue weighted by atomic mass is 16.1. The zero-order valence-electron chi connectivity index (χ0n) is 11.1. The number of benzene rings is 1. The van der Waals surface area contributed by atoms with Crippen molar-refractivity contribution in [2.75, 3.05) is 5.73 Å². The second-order valence-electron chi connectivity index (χ2n) is 4.58. The van der Waals surface area contributed by atoms with Gasteiger partial charge in [-0.15, -0.1) is 10.2 Å². The standard InChI is InChI=1S/C13H12N6O2/c1-7(10(20)8-5-3-2-4-6-8)9-11(21)18-19-12(14)16-17-13(19)15-9/h2-7H,1H3,(H2,14,16)(H,18,21). The van der Waals surface area contributed by atoms with Gasteiger partial charge in [0.15, 0.2) is 5.78 Å². The van der Waals surface area contributed by atoms with E-state index in [4.69, 9.17) is 5.73 Å². The highest BCUT2D eigenvalue weighted by Crippen LogP contribution is 2.16. The summed E-state index contributed by atoms with van der Waals surface area (Å²) in [5.41, 5.74) is 5.65. The Morgan fingerprint density at radius 3 is 2.71 bits per heavy atom. The highest BCUT2D eigenvalue weighted by molar-refractivity contribution is 6.00.